The minimum atomic E-state index is 0. The van der Waals surface area contributed by atoms with Gasteiger partial charge in [0.05, 0.1) is 0 Å². The zero-order valence-corrected chi connectivity index (χ0v) is 17.4. The van der Waals surface area contributed by atoms with Crippen LogP contribution in [0.25, 0.3) is 0 Å². The molecule has 18 heavy (non-hydrogen) atoms. The summed E-state index contributed by atoms with van der Waals surface area (Å²) in [6.07, 6.45) is 0. The Bertz CT molecular complexity index is 118. The Labute approximate surface area is 145 Å². The standard InChI is InChI=1S/C12H29N3.3BrH/c1-5-14(6-2)11-9-13-10-12-15(7-3)8-4;;;/h13H,5-12H2,1-4H3;3*1H. The Morgan fingerprint density at radius 1 is 0.611 bits per heavy atom. The number of rotatable bonds is 10. The first-order valence-electron chi connectivity index (χ1n) is 6.43. The van der Waals surface area contributed by atoms with E-state index in [9.17, 15) is 0 Å². The summed E-state index contributed by atoms with van der Waals surface area (Å²) in [5.41, 5.74) is 0. The lowest BCUT2D eigenvalue weighted by Crippen LogP contribution is -2.36. The number of hydrogen-bond acceptors (Lipinski definition) is 3. The molecule has 0 spiro atoms. The SMILES string of the molecule is Br.Br.Br.CCN(CC)CCNCCN(CC)CC. The van der Waals surface area contributed by atoms with Crippen LogP contribution in [0.15, 0.2) is 0 Å². The fourth-order valence-electron chi connectivity index (χ4n) is 1.68. The molecule has 1 N–H and O–H groups in total. The molecule has 0 radical (unpaired) electrons. The molecule has 0 aliphatic heterocycles. The average Bonchev–Trinajstić information content (AvgIpc) is 2.29. The number of nitrogens with zero attached hydrogens (tertiary/aromatic N) is 2. The Kier molecular flexibility index (Phi) is 31.7. The van der Waals surface area contributed by atoms with Crippen LogP contribution in [0.1, 0.15) is 27.7 Å². The van der Waals surface area contributed by atoms with Crippen molar-refractivity contribution < 1.29 is 0 Å². The number of hydrogen-bond donors (Lipinski definition) is 1. The second-order valence-corrected chi connectivity index (χ2v) is 3.80. The third kappa shape index (κ3) is 15.4. The lowest BCUT2D eigenvalue weighted by molar-refractivity contribution is 0.283. The molecule has 0 aliphatic rings. The first kappa shape index (κ1) is 27.6. The molecule has 116 valence electrons. The summed E-state index contributed by atoms with van der Waals surface area (Å²) >= 11 is 0. The topological polar surface area (TPSA) is 18.5 Å². The minimum Gasteiger partial charge on any atom is -0.314 e. The summed E-state index contributed by atoms with van der Waals surface area (Å²) in [6, 6.07) is 0. The number of nitrogens with one attached hydrogen (secondary N) is 1. The van der Waals surface area contributed by atoms with Crippen LogP contribution in [0.4, 0.5) is 0 Å². The predicted octanol–water partition coefficient (Wildman–Crippen LogP) is 2.99. The van der Waals surface area contributed by atoms with Gasteiger partial charge in [0.15, 0.2) is 0 Å². The molecule has 0 heterocycles. The summed E-state index contributed by atoms with van der Waals surface area (Å²) < 4.78 is 0. The summed E-state index contributed by atoms with van der Waals surface area (Å²) in [5, 5.41) is 3.50. The molecule has 0 amide bonds. The summed E-state index contributed by atoms with van der Waals surface area (Å²) in [6.45, 7) is 18.1. The Hall–Kier alpha value is 1.32. The van der Waals surface area contributed by atoms with Gasteiger partial charge in [0.25, 0.3) is 0 Å². The third-order valence-electron chi connectivity index (χ3n) is 3.00. The normalized spacial score (nSPS) is 9.67. The first-order chi connectivity index (χ1) is 7.28. The van der Waals surface area contributed by atoms with Crippen LogP contribution in [-0.4, -0.2) is 62.2 Å². The van der Waals surface area contributed by atoms with Gasteiger partial charge >= 0.3 is 0 Å². The van der Waals surface area contributed by atoms with Crippen LogP contribution in [0, 0.1) is 0 Å². The molecule has 0 bridgehead atoms. The van der Waals surface area contributed by atoms with Crippen molar-refractivity contribution in [3.63, 3.8) is 0 Å². The highest BCUT2D eigenvalue weighted by Crippen LogP contribution is 1.86. The average molecular weight is 458 g/mol. The molecule has 0 saturated heterocycles. The van der Waals surface area contributed by atoms with Crippen molar-refractivity contribution in [3.8, 4) is 0 Å². The Morgan fingerprint density at radius 3 is 1.11 bits per heavy atom. The summed E-state index contributed by atoms with van der Waals surface area (Å²) in [5.74, 6) is 0. The quantitative estimate of drug-likeness (QED) is 0.509. The van der Waals surface area contributed by atoms with Gasteiger partial charge in [-0.2, -0.15) is 0 Å². The van der Waals surface area contributed by atoms with Crippen molar-refractivity contribution in [2.24, 2.45) is 0 Å². The molecule has 0 aliphatic carbocycles. The molecule has 0 saturated carbocycles. The van der Waals surface area contributed by atoms with Gasteiger partial charge in [-0.1, -0.05) is 27.7 Å². The van der Waals surface area contributed by atoms with Crippen molar-refractivity contribution in [3.05, 3.63) is 0 Å². The fourth-order valence-corrected chi connectivity index (χ4v) is 1.68. The molecule has 0 rings (SSSR count). The largest absolute Gasteiger partial charge is 0.314 e. The van der Waals surface area contributed by atoms with Gasteiger partial charge in [-0.25, -0.2) is 0 Å². The van der Waals surface area contributed by atoms with Gasteiger partial charge in [-0.05, 0) is 26.2 Å². The number of likely N-dealkylation sites (N-methyl/N-ethyl adjacent to an activating group) is 2. The van der Waals surface area contributed by atoms with Crippen LogP contribution in [-0.2, 0) is 0 Å². The summed E-state index contributed by atoms with van der Waals surface area (Å²) in [4.78, 5) is 4.90. The zero-order chi connectivity index (χ0) is 11.5. The highest BCUT2D eigenvalue weighted by atomic mass is 79.9. The van der Waals surface area contributed by atoms with Crippen molar-refractivity contribution in [2.75, 3.05) is 52.4 Å². The van der Waals surface area contributed by atoms with E-state index in [1.54, 1.807) is 0 Å². The van der Waals surface area contributed by atoms with E-state index in [0.29, 0.717) is 0 Å². The van der Waals surface area contributed by atoms with Crippen molar-refractivity contribution >= 4 is 50.9 Å². The van der Waals surface area contributed by atoms with Crippen LogP contribution < -0.4 is 5.32 Å². The molecule has 3 nitrogen and oxygen atoms in total. The van der Waals surface area contributed by atoms with Gasteiger partial charge in [-0.3, -0.25) is 0 Å². The lowest BCUT2D eigenvalue weighted by Gasteiger charge is -2.20. The van der Waals surface area contributed by atoms with Gasteiger partial charge in [0.2, 0.25) is 0 Å². The zero-order valence-electron chi connectivity index (χ0n) is 12.3. The van der Waals surface area contributed by atoms with Gasteiger partial charge in [0.1, 0.15) is 0 Å². The minimum absolute atomic E-state index is 0. The highest BCUT2D eigenvalue weighted by Gasteiger charge is 1.99. The smallest absolute Gasteiger partial charge is 0.0107 e. The van der Waals surface area contributed by atoms with E-state index < -0.39 is 0 Å². The van der Waals surface area contributed by atoms with Crippen molar-refractivity contribution in [2.45, 2.75) is 27.7 Å². The maximum atomic E-state index is 3.50. The monoisotopic (exact) mass is 455 g/mol. The first-order valence-corrected chi connectivity index (χ1v) is 6.43. The van der Waals surface area contributed by atoms with E-state index in [4.69, 9.17) is 0 Å². The summed E-state index contributed by atoms with van der Waals surface area (Å²) in [7, 11) is 0. The molecular weight excluding hydrogens is 426 g/mol. The van der Waals surface area contributed by atoms with E-state index in [1.165, 1.54) is 13.1 Å². The van der Waals surface area contributed by atoms with Crippen LogP contribution in [0.2, 0.25) is 0 Å². The predicted molar refractivity (Wildman–Crippen MR) is 99.4 cm³/mol. The molecule has 0 unspecified atom stereocenters. The second-order valence-electron chi connectivity index (χ2n) is 3.80. The van der Waals surface area contributed by atoms with E-state index in [-0.39, 0.29) is 50.9 Å². The lowest BCUT2D eigenvalue weighted by atomic mass is 10.4. The fraction of sp³-hybridized carbons (Fsp3) is 1.00. The van der Waals surface area contributed by atoms with Crippen LogP contribution in [0.3, 0.4) is 0 Å². The van der Waals surface area contributed by atoms with Crippen molar-refractivity contribution in [1.29, 1.82) is 0 Å². The third-order valence-corrected chi connectivity index (χ3v) is 3.00. The molecular formula is C12H32Br3N3. The molecule has 0 aromatic rings. The van der Waals surface area contributed by atoms with Crippen LogP contribution >= 0.6 is 50.9 Å². The molecule has 0 aromatic heterocycles. The number of halogens is 3. The van der Waals surface area contributed by atoms with E-state index >= 15 is 0 Å². The maximum Gasteiger partial charge on any atom is 0.0107 e. The molecule has 6 heteroatoms. The molecule has 0 aromatic carbocycles. The van der Waals surface area contributed by atoms with Crippen molar-refractivity contribution in [1.82, 2.24) is 15.1 Å². The van der Waals surface area contributed by atoms with Crippen LogP contribution in [0.5, 0.6) is 0 Å². The molecule has 0 atom stereocenters. The van der Waals surface area contributed by atoms with E-state index in [2.05, 4.69) is 42.8 Å². The maximum absolute atomic E-state index is 3.50. The van der Waals surface area contributed by atoms with Gasteiger partial charge in [0, 0.05) is 26.2 Å². The van der Waals surface area contributed by atoms with E-state index in [1.807, 2.05) is 0 Å². The Morgan fingerprint density at radius 2 is 0.889 bits per heavy atom. The molecule has 0 fully saturated rings. The van der Waals surface area contributed by atoms with E-state index in [0.717, 1.165) is 39.3 Å². The Balaban J connectivity index is -0.000000327. The highest BCUT2D eigenvalue weighted by molar-refractivity contribution is 8.93. The van der Waals surface area contributed by atoms with Gasteiger partial charge < -0.3 is 15.1 Å². The second kappa shape index (κ2) is 20.6. The van der Waals surface area contributed by atoms with Gasteiger partial charge in [-0.15, -0.1) is 50.9 Å².